The van der Waals surface area contributed by atoms with Crippen LogP contribution in [-0.4, -0.2) is 41.5 Å². The molecule has 0 fully saturated rings. The second-order valence-electron chi connectivity index (χ2n) is 7.92. The van der Waals surface area contributed by atoms with Crippen molar-refractivity contribution in [1.29, 1.82) is 0 Å². The average molecular weight is 445 g/mol. The molecule has 0 aliphatic heterocycles. The Kier molecular flexibility index (Phi) is 8.38. The Morgan fingerprint density at radius 3 is 2.57 bits per heavy atom. The SMILES string of the molecule is COCCCN(Cc1cccn1Cc1cccc(C(F)(F)F)c1)C(=O)C(C)(C)CCl. The minimum Gasteiger partial charge on any atom is -0.385 e. The minimum absolute atomic E-state index is 0.0691. The van der Waals surface area contributed by atoms with Crippen LogP contribution in [0.15, 0.2) is 42.6 Å². The summed E-state index contributed by atoms with van der Waals surface area (Å²) < 4.78 is 46.0. The zero-order valence-electron chi connectivity index (χ0n) is 17.5. The molecule has 0 aliphatic carbocycles. The van der Waals surface area contributed by atoms with Crippen molar-refractivity contribution in [1.82, 2.24) is 9.47 Å². The van der Waals surface area contributed by atoms with Crippen LogP contribution in [-0.2, 0) is 28.8 Å². The van der Waals surface area contributed by atoms with Gasteiger partial charge in [-0.25, -0.2) is 0 Å². The molecule has 2 rings (SSSR count). The van der Waals surface area contributed by atoms with Gasteiger partial charge in [-0.05, 0) is 50.1 Å². The van der Waals surface area contributed by atoms with E-state index >= 15 is 0 Å². The third-order valence-corrected chi connectivity index (χ3v) is 5.53. The minimum atomic E-state index is -4.38. The van der Waals surface area contributed by atoms with Gasteiger partial charge < -0.3 is 14.2 Å². The summed E-state index contributed by atoms with van der Waals surface area (Å²) in [4.78, 5) is 14.7. The number of rotatable bonds is 10. The highest BCUT2D eigenvalue weighted by atomic mass is 35.5. The summed E-state index contributed by atoms with van der Waals surface area (Å²) in [6.45, 7) is 5.25. The fraction of sp³-hybridized carbons (Fsp3) is 0.500. The van der Waals surface area contributed by atoms with Crippen molar-refractivity contribution in [3.63, 3.8) is 0 Å². The highest BCUT2D eigenvalue weighted by Gasteiger charge is 2.32. The monoisotopic (exact) mass is 444 g/mol. The summed E-state index contributed by atoms with van der Waals surface area (Å²) in [6.07, 6.45) is -1.90. The average Bonchev–Trinajstić information content (AvgIpc) is 3.13. The number of aromatic nitrogens is 1. The lowest BCUT2D eigenvalue weighted by atomic mass is 9.94. The Balaban J connectivity index is 2.21. The van der Waals surface area contributed by atoms with Crippen molar-refractivity contribution in [3.8, 4) is 0 Å². The molecule has 0 atom stereocenters. The Morgan fingerprint density at radius 2 is 1.93 bits per heavy atom. The number of alkyl halides is 4. The quantitative estimate of drug-likeness (QED) is 0.373. The van der Waals surface area contributed by atoms with Crippen molar-refractivity contribution in [2.45, 2.75) is 39.5 Å². The van der Waals surface area contributed by atoms with Gasteiger partial charge in [-0.2, -0.15) is 13.2 Å². The summed E-state index contributed by atoms with van der Waals surface area (Å²) in [6, 6.07) is 8.99. The van der Waals surface area contributed by atoms with Gasteiger partial charge in [0.2, 0.25) is 5.91 Å². The van der Waals surface area contributed by atoms with Crippen molar-refractivity contribution < 1.29 is 22.7 Å². The number of halogens is 4. The van der Waals surface area contributed by atoms with E-state index in [9.17, 15) is 18.0 Å². The number of nitrogens with zero attached hydrogens (tertiary/aromatic N) is 2. The van der Waals surface area contributed by atoms with Gasteiger partial charge in [0.25, 0.3) is 0 Å². The second kappa shape index (κ2) is 10.4. The molecule has 2 aromatic rings. The fourth-order valence-corrected chi connectivity index (χ4v) is 3.24. The number of methoxy groups -OCH3 is 1. The van der Waals surface area contributed by atoms with Gasteiger partial charge in [0.05, 0.1) is 17.5 Å². The van der Waals surface area contributed by atoms with Gasteiger partial charge in [0, 0.05) is 44.6 Å². The first-order chi connectivity index (χ1) is 14.1. The van der Waals surface area contributed by atoms with E-state index in [1.807, 2.05) is 16.7 Å². The number of carbonyl (C=O) groups is 1. The molecule has 166 valence electrons. The Labute approximate surface area is 180 Å². The molecule has 0 saturated carbocycles. The maximum Gasteiger partial charge on any atom is 0.416 e. The molecule has 30 heavy (non-hydrogen) atoms. The molecule has 1 amide bonds. The largest absolute Gasteiger partial charge is 0.416 e. The summed E-state index contributed by atoms with van der Waals surface area (Å²) in [7, 11) is 1.61. The number of carbonyl (C=O) groups excluding carboxylic acids is 1. The normalized spacial score (nSPS) is 12.2. The van der Waals surface area contributed by atoms with Crippen LogP contribution in [0.5, 0.6) is 0 Å². The number of hydrogen-bond acceptors (Lipinski definition) is 2. The predicted octanol–water partition coefficient (Wildman–Crippen LogP) is 5.19. The second-order valence-corrected chi connectivity index (χ2v) is 8.18. The molecule has 4 nitrogen and oxygen atoms in total. The topological polar surface area (TPSA) is 34.5 Å². The van der Waals surface area contributed by atoms with Crippen LogP contribution in [0.25, 0.3) is 0 Å². The van der Waals surface area contributed by atoms with Crippen molar-refractivity contribution in [2.24, 2.45) is 5.41 Å². The van der Waals surface area contributed by atoms with E-state index < -0.39 is 17.2 Å². The van der Waals surface area contributed by atoms with E-state index in [0.29, 0.717) is 31.7 Å². The van der Waals surface area contributed by atoms with E-state index in [1.54, 1.807) is 38.1 Å². The zero-order valence-corrected chi connectivity index (χ0v) is 18.3. The molecule has 1 aromatic heterocycles. The van der Waals surface area contributed by atoms with E-state index in [4.69, 9.17) is 16.3 Å². The molecule has 0 bridgehead atoms. The van der Waals surface area contributed by atoms with Crippen molar-refractivity contribution in [2.75, 3.05) is 26.1 Å². The highest BCUT2D eigenvalue weighted by Crippen LogP contribution is 2.30. The first-order valence-electron chi connectivity index (χ1n) is 9.73. The first-order valence-corrected chi connectivity index (χ1v) is 10.3. The van der Waals surface area contributed by atoms with E-state index in [1.165, 1.54) is 6.07 Å². The van der Waals surface area contributed by atoms with Crippen LogP contribution < -0.4 is 0 Å². The van der Waals surface area contributed by atoms with Crippen LogP contribution in [0.2, 0.25) is 0 Å². The third-order valence-electron chi connectivity index (χ3n) is 4.86. The standard InChI is InChI=1S/C22H28ClF3N2O2/c1-21(2,16-23)20(29)28(11-6-12-30-3)15-19-9-5-10-27(19)14-17-7-4-8-18(13-17)22(24,25)26/h4-5,7-10,13H,6,11-12,14-16H2,1-3H3. The maximum atomic E-state index is 13.0. The predicted molar refractivity (Wildman–Crippen MR) is 111 cm³/mol. The van der Waals surface area contributed by atoms with Crippen LogP contribution in [0.1, 0.15) is 37.1 Å². The Bertz CT molecular complexity index is 834. The molecule has 0 spiro atoms. The van der Waals surface area contributed by atoms with Gasteiger partial charge in [-0.15, -0.1) is 11.6 Å². The van der Waals surface area contributed by atoms with Gasteiger partial charge in [0.1, 0.15) is 0 Å². The fourth-order valence-electron chi connectivity index (χ4n) is 3.12. The number of hydrogen-bond donors (Lipinski definition) is 0. The molecule has 8 heteroatoms. The van der Waals surface area contributed by atoms with Crippen LogP contribution in [0, 0.1) is 5.41 Å². The van der Waals surface area contributed by atoms with Crippen molar-refractivity contribution >= 4 is 17.5 Å². The molecule has 1 heterocycles. The van der Waals surface area contributed by atoms with E-state index in [2.05, 4.69) is 0 Å². The summed E-state index contributed by atoms with van der Waals surface area (Å²) in [5.41, 5.74) is -0.00860. The summed E-state index contributed by atoms with van der Waals surface area (Å²) in [5.74, 6) is 0.123. The molecule has 1 aromatic carbocycles. The number of ether oxygens (including phenoxy) is 1. The zero-order chi connectivity index (χ0) is 22.4. The molecular weight excluding hydrogens is 417 g/mol. The molecule has 0 N–H and O–H groups in total. The van der Waals surface area contributed by atoms with E-state index in [0.717, 1.165) is 17.8 Å². The lowest BCUT2D eigenvalue weighted by Gasteiger charge is -2.31. The molecular formula is C22H28ClF3N2O2. The van der Waals surface area contributed by atoms with Gasteiger partial charge in [-0.1, -0.05) is 12.1 Å². The van der Waals surface area contributed by atoms with Crippen LogP contribution >= 0.6 is 11.6 Å². The van der Waals surface area contributed by atoms with E-state index in [-0.39, 0.29) is 18.3 Å². The summed E-state index contributed by atoms with van der Waals surface area (Å²) in [5, 5.41) is 0. The van der Waals surface area contributed by atoms with Gasteiger partial charge >= 0.3 is 6.18 Å². The maximum absolute atomic E-state index is 13.0. The van der Waals surface area contributed by atoms with Gasteiger partial charge in [-0.3, -0.25) is 4.79 Å². The lowest BCUT2D eigenvalue weighted by molar-refractivity contribution is -0.140. The molecule has 0 unspecified atom stereocenters. The van der Waals surface area contributed by atoms with Gasteiger partial charge in [0.15, 0.2) is 0 Å². The van der Waals surface area contributed by atoms with Crippen LogP contribution in [0.3, 0.4) is 0 Å². The number of amides is 1. The molecule has 0 radical (unpaired) electrons. The smallest absolute Gasteiger partial charge is 0.385 e. The molecule has 0 aliphatic rings. The Hall–Kier alpha value is -1.99. The van der Waals surface area contributed by atoms with Crippen LogP contribution in [0.4, 0.5) is 13.2 Å². The highest BCUT2D eigenvalue weighted by molar-refractivity contribution is 6.19. The van der Waals surface area contributed by atoms with Crippen molar-refractivity contribution in [3.05, 3.63) is 59.4 Å². The lowest BCUT2D eigenvalue weighted by Crippen LogP contribution is -2.42. The third kappa shape index (κ3) is 6.51. The number of benzene rings is 1. The molecule has 0 saturated heterocycles. The Morgan fingerprint density at radius 1 is 1.20 bits per heavy atom. The summed E-state index contributed by atoms with van der Waals surface area (Å²) >= 11 is 6.00. The first kappa shape index (κ1) is 24.3.